The molecule has 0 radical (unpaired) electrons. The molecule has 192 valence electrons. The first kappa shape index (κ1) is 26.4. The molecule has 1 heterocycles. The van der Waals surface area contributed by atoms with Gasteiger partial charge >= 0.3 is 16.2 Å². The van der Waals surface area contributed by atoms with E-state index in [2.05, 4.69) is 0 Å². The van der Waals surface area contributed by atoms with E-state index in [-0.39, 0.29) is 41.8 Å². The van der Waals surface area contributed by atoms with Crippen LogP contribution in [-0.2, 0) is 26.3 Å². The number of hydroxylamine groups is 1. The highest BCUT2D eigenvalue weighted by atomic mass is 35.5. The summed E-state index contributed by atoms with van der Waals surface area (Å²) in [6, 6.07) is 9.84. The number of ether oxygens (including phenoxy) is 1. The van der Waals surface area contributed by atoms with Crippen LogP contribution in [0.5, 0.6) is 0 Å². The van der Waals surface area contributed by atoms with E-state index in [0.29, 0.717) is 16.1 Å². The van der Waals surface area contributed by atoms with Crippen molar-refractivity contribution in [3.05, 3.63) is 81.0 Å². The molecule has 1 fully saturated rings. The van der Waals surface area contributed by atoms with Crippen LogP contribution in [0.1, 0.15) is 47.3 Å². The van der Waals surface area contributed by atoms with Gasteiger partial charge in [-0.1, -0.05) is 41.4 Å². The number of esters is 1. The Morgan fingerprint density at radius 2 is 1.83 bits per heavy atom. The third kappa shape index (κ3) is 5.52. The number of nitrogens with one attached hydrogen (secondary N) is 1. The average molecular weight is 554 g/mol. The molecule has 2 aromatic carbocycles. The van der Waals surface area contributed by atoms with E-state index in [9.17, 15) is 18.0 Å². The zero-order chi connectivity index (χ0) is 26.0. The molecule has 1 amide bonds. The van der Waals surface area contributed by atoms with E-state index >= 15 is 0 Å². The maximum atomic E-state index is 13.9. The third-order valence-electron chi connectivity index (χ3n) is 6.02. The van der Waals surface area contributed by atoms with E-state index in [0.717, 1.165) is 17.1 Å². The van der Waals surface area contributed by atoms with Crippen LogP contribution in [0.3, 0.4) is 0 Å². The fraction of sp³-hybridized carbons (Fsp3) is 0.333. The van der Waals surface area contributed by atoms with Crippen LogP contribution < -0.4 is 5.48 Å². The largest absolute Gasteiger partial charge is 0.463 e. The molecule has 0 saturated heterocycles. The first-order chi connectivity index (χ1) is 17.1. The first-order valence-corrected chi connectivity index (χ1v) is 13.5. The van der Waals surface area contributed by atoms with Gasteiger partial charge < -0.3 is 4.74 Å². The standard InChI is InChI=1S/C24H25Cl2N3O6S/c1-2-35-24(31)20-14-28(12-15-5-7-17(8-6-15)23(30)27-32)36(33,34)29(13-16-3-4-16)22(20)19-10-9-18(25)11-21(19)26/h5-11,14,16,22,32H,2-4,12-13H2,1H3,(H,27,30). The number of hydrogen-bond donors (Lipinski definition) is 2. The summed E-state index contributed by atoms with van der Waals surface area (Å²) in [5.74, 6) is -1.16. The van der Waals surface area contributed by atoms with Gasteiger partial charge in [-0.25, -0.2) is 10.3 Å². The predicted molar refractivity (Wildman–Crippen MR) is 134 cm³/mol. The van der Waals surface area contributed by atoms with Crippen molar-refractivity contribution >= 4 is 45.3 Å². The van der Waals surface area contributed by atoms with Crippen LogP contribution in [0.25, 0.3) is 0 Å². The molecule has 1 unspecified atom stereocenters. The van der Waals surface area contributed by atoms with Crippen molar-refractivity contribution in [1.82, 2.24) is 14.1 Å². The molecule has 0 bridgehead atoms. The Kier molecular flexibility index (Phi) is 7.91. The number of hydrogen-bond acceptors (Lipinski definition) is 6. The normalized spacial score (nSPS) is 19.5. The van der Waals surface area contributed by atoms with Crippen LogP contribution in [0.2, 0.25) is 10.0 Å². The Morgan fingerprint density at radius 3 is 2.42 bits per heavy atom. The minimum absolute atomic E-state index is 0.0888. The van der Waals surface area contributed by atoms with Crippen molar-refractivity contribution in [2.24, 2.45) is 5.92 Å². The Hall–Kier alpha value is -2.63. The summed E-state index contributed by atoms with van der Waals surface area (Å²) < 4.78 is 35.5. The van der Waals surface area contributed by atoms with Gasteiger partial charge in [0.1, 0.15) is 0 Å². The number of amides is 1. The quantitative estimate of drug-likeness (QED) is 0.289. The lowest BCUT2D eigenvalue weighted by molar-refractivity contribution is -0.139. The number of nitrogens with zero attached hydrogens (tertiary/aromatic N) is 2. The Bertz CT molecular complexity index is 1300. The van der Waals surface area contributed by atoms with Crippen molar-refractivity contribution in [2.45, 2.75) is 32.4 Å². The highest BCUT2D eigenvalue weighted by molar-refractivity contribution is 7.86. The van der Waals surface area contributed by atoms with Gasteiger partial charge in [-0.15, -0.1) is 0 Å². The Balaban J connectivity index is 1.79. The lowest BCUT2D eigenvalue weighted by atomic mass is 9.98. The fourth-order valence-corrected chi connectivity index (χ4v) is 6.26. The van der Waals surface area contributed by atoms with Gasteiger partial charge in [-0.05, 0) is 61.1 Å². The van der Waals surface area contributed by atoms with E-state index in [4.69, 9.17) is 33.1 Å². The van der Waals surface area contributed by atoms with Gasteiger partial charge in [0.2, 0.25) is 0 Å². The molecular formula is C24H25Cl2N3O6S. The zero-order valence-electron chi connectivity index (χ0n) is 19.4. The molecular weight excluding hydrogens is 529 g/mol. The number of halogens is 2. The minimum Gasteiger partial charge on any atom is -0.463 e. The third-order valence-corrected chi connectivity index (χ3v) is 8.36. The summed E-state index contributed by atoms with van der Waals surface area (Å²) in [5, 5.41) is 9.44. The first-order valence-electron chi connectivity index (χ1n) is 11.3. The highest BCUT2D eigenvalue weighted by Gasteiger charge is 2.46. The van der Waals surface area contributed by atoms with Crippen molar-refractivity contribution in [1.29, 1.82) is 0 Å². The molecule has 9 nitrogen and oxygen atoms in total. The van der Waals surface area contributed by atoms with Crippen molar-refractivity contribution < 1.29 is 28.0 Å². The molecule has 0 spiro atoms. The summed E-state index contributed by atoms with van der Waals surface area (Å²) in [5.41, 5.74) is 2.90. The fourth-order valence-electron chi connectivity index (χ4n) is 4.03. The summed E-state index contributed by atoms with van der Waals surface area (Å²) in [6.45, 7) is 1.91. The van der Waals surface area contributed by atoms with Gasteiger partial charge in [0.15, 0.2) is 0 Å². The molecule has 1 saturated carbocycles. The van der Waals surface area contributed by atoms with Crippen molar-refractivity contribution in [3.8, 4) is 0 Å². The number of rotatable bonds is 8. The van der Waals surface area contributed by atoms with E-state index in [1.807, 2.05) is 0 Å². The monoisotopic (exact) mass is 553 g/mol. The predicted octanol–water partition coefficient (Wildman–Crippen LogP) is 4.07. The second-order valence-electron chi connectivity index (χ2n) is 8.58. The smallest absolute Gasteiger partial charge is 0.337 e. The molecule has 12 heteroatoms. The maximum absolute atomic E-state index is 13.9. The Morgan fingerprint density at radius 1 is 1.14 bits per heavy atom. The van der Waals surface area contributed by atoms with E-state index in [1.54, 1.807) is 36.7 Å². The molecule has 1 aliphatic heterocycles. The van der Waals surface area contributed by atoms with Crippen LogP contribution in [-0.4, -0.2) is 47.3 Å². The molecule has 1 atom stereocenters. The minimum atomic E-state index is -4.08. The van der Waals surface area contributed by atoms with Gasteiger partial charge in [-0.2, -0.15) is 12.7 Å². The lowest BCUT2D eigenvalue weighted by Gasteiger charge is -2.40. The average Bonchev–Trinajstić information content (AvgIpc) is 3.66. The van der Waals surface area contributed by atoms with Gasteiger partial charge in [0.05, 0.1) is 24.8 Å². The second-order valence-corrected chi connectivity index (χ2v) is 11.3. The summed E-state index contributed by atoms with van der Waals surface area (Å²) in [6.07, 6.45) is 3.07. The topological polar surface area (TPSA) is 116 Å². The van der Waals surface area contributed by atoms with Crippen molar-refractivity contribution in [3.63, 3.8) is 0 Å². The molecule has 36 heavy (non-hydrogen) atoms. The highest BCUT2D eigenvalue weighted by Crippen LogP contribution is 2.44. The maximum Gasteiger partial charge on any atom is 0.337 e. The lowest BCUT2D eigenvalue weighted by Crippen LogP contribution is -2.49. The van der Waals surface area contributed by atoms with E-state index < -0.39 is 28.1 Å². The summed E-state index contributed by atoms with van der Waals surface area (Å²) in [4.78, 5) is 24.7. The van der Waals surface area contributed by atoms with Crippen LogP contribution in [0.15, 0.2) is 54.2 Å². The molecule has 4 rings (SSSR count). The van der Waals surface area contributed by atoms with Gasteiger partial charge in [-0.3, -0.25) is 14.3 Å². The Labute approximate surface area is 219 Å². The second kappa shape index (κ2) is 10.8. The van der Waals surface area contributed by atoms with E-state index in [1.165, 1.54) is 28.7 Å². The zero-order valence-corrected chi connectivity index (χ0v) is 21.7. The molecule has 1 aliphatic carbocycles. The molecule has 0 aromatic heterocycles. The number of carbonyl (C=O) groups is 2. The van der Waals surface area contributed by atoms with Crippen molar-refractivity contribution in [2.75, 3.05) is 13.2 Å². The summed E-state index contributed by atoms with van der Waals surface area (Å²) >= 11 is 12.6. The number of benzene rings is 2. The van der Waals surface area contributed by atoms with Crippen LogP contribution >= 0.6 is 23.2 Å². The summed E-state index contributed by atoms with van der Waals surface area (Å²) in [7, 11) is -4.08. The molecule has 2 aliphatic rings. The van der Waals surface area contributed by atoms with Crippen LogP contribution in [0.4, 0.5) is 0 Å². The number of carbonyl (C=O) groups excluding carboxylic acids is 2. The molecule has 2 N–H and O–H groups in total. The van der Waals surface area contributed by atoms with Gasteiger partial charge in [0.25, 0.3) is 5.91 Å². The van der Waals surface area contributed by atoms with Crippen LogP contribution in [0, 0.1) is 5.92 Å². The molecule has 2 aromatic rings. The van der Waals surface area contributed by atoms with Gasteiger partial charge in [0, 0.05) is 28.4 Å². The SMILES string of the molecule is CCOC(=O)C1=CN(Cc2ccc(C(=O)NO)cc2)S(=O)(=O)N(CC2CC2)C1c1ccc(Cl)cc1Cl.